The van der Waals surface area contributed by atoms with Crippen LogP contribution in [0.5, 0.6) is 0 Å². The maximum absolute atomic E-state index is 12.8. The lowest BCUT2D eigenvalue weighted by atomic mass is 9.86. The van der Waals surface area contributed by atoms with Gasteiger partial charge >= 0.3 is 12.1 Å². The molecule has 2 aromatic carbocycles. The highest BCUT2D eigenvalue weighted by Gasteiger charge is 2.33. The summed E-state index contributed by atoms with van der Waals surface area (Å²) in [6, 6.07) is 16.2. The van der Waals surface area contributed by atoms with E-state index in [9.17, 15) is 14.4 Å². The molecule has 2 amide bonds. The summed E-state index contributed by atoms with van der Waals surface area (Å²) in [5.41, 5.74) is 3.68. The van der Waals surface area contributed by atoms with Crippen LogP contribution in [0.2, 0.25) is 0 Å². The number of rotatable bonds is 11. The Hall–Kier alpha value is -3.39. The molecule has 0 fully saturated rings. The van der Waals surface area contributed by atoms with Crippen LogP contribution in [0.15, 0.2) is 48.5 Å². The fourth-order valence-corrected chi connectivity index (χ4v) is 4.14. The lowest BCUT2D eigenvalue weighted by Crippen LogP contribution is -2.48. The zero-order valence-corrected chi connectivity index (χ0v) is 19.8. The number of ether oxygens (including phenoxy) is 2. The molecule has 0 saturated heterocycles. The quantitative estimate of drug-likeness (QED) is 0.465. The van der Waals surface area contributed by atoms with Gasteiger partial charge in [-0.25, -0.2) is 4.79 Å². The molecular formula is C26H32N2O6. The number of carbonyl (C=O) groups excluding carboxylic acids is 2. The van der Waals surface area contributed by atoms with Gasteiger partial charge in [0.2, 0.25) is 5.91 Å². The second-order valence-electron chi connectivity index (χ2n) is 8.76. The highest BCUT2D eigenvalue weighted by molar-refractivity contribution is 5.83. The first-order valence-corrected chi connectivity index (χ1v) is 11.4. The molecule has 0 heterocycles. The number of hydrogen-bond acceptors (Lipinski definition) is 5. The Morgan fingerprint density at radius 3 is 2.15 bits per heavy atom. The fourth-order valence-electron chi connectivity index (χ4n) is 4.14. The summed E-state index contributed by atoms with van der Waals surface area (Å²) >= 11 is 0. The Morgan fingerprint density at radius 2 is 1.62 bits per heavy atom. The SMILES string of the molecule is CCC(C)(CNC(=O)OCC1c2ccccc2-c2ccccc21)C(=O)NCC(CC(=O)O)OC. The summed E-state index contributed by atoms with van der Waals surface area (Å²) in [6.07, 6.45) is -0.955. The van der Waals surface area contributed by atoms with Gasteiger partial charge in [-0.1, -0.05) is 55.5 Å². The van der Waals surface area contributed by atoms with Gasteiger partial charge in [0.25, 0.3) is 0 Å². The molecule has 0 radical (unpaired) electrons. The first-order chi connectivity index (χ1) is 16.3. The van der Waals surface area contributed by atoms with E-state index in [-0.39, 0.29) is 37.9 Å². The average molecular weight is 469 g/mol. The normalized spacial score (nSPS) is 14.9. The average Bonchev–Trinajstić information content (AvgIpc) is 3.17. The van der Waals surface area contributed by atoms with Crippen LogP contribution in [0.25, 0.3) is 11.1 Å². The monoisotopic (exact) mass is 468 g/mol. The highest BCUT2D eigenvalue weighted by Crippen LogP contribution is 2.44. The molecule has 2 aromatic rings. The summed E-state index contributed by atoms with van der Waals surface area (Å²) in [7, 11) is 1.40. The summed E-state index contributed by atoms with van der Waals surface area (Å²) in [5, 5.41) is 14.4. The zero-order valence-electron chi connectivity index (χ0n) is 19.8. The van der Waals surface area contributed by atoms with Crippen molar-refractivity contribution in [2.75, 3.05) is 26.8 Å². The Bertz CT molecular complexity index is 994. The number of benzene rings is 2. The molecule has 34 heavy (non-hydrogen) atoms. The third-order valence-corrected chi connectivity index (χ3v) is 6.52. The second-order valence-corrected chi connectivity index (χ2v) is 8.76. The minimum Gasteiger partial charge on any atom is -0.481 e. The maximum atomic E-state index is 12.8. The topological polar surface area (TPSA) is 114 Å². The maximum Gasteiger partial charge on any atom is 0.407 e. The van der Waals surface area contributed by atoms with Crippen LogP contribution < -0.4 is 10.6 Å². The minimum atomic E-state index is -1.00. The minimum absolute atomic E-state index is 0.0424. The Balaban J connectivity index is 1.54. The standard InChI is InChI=1S/C26H32N2O6/c1-4-26(2,24(31)27-14-17(33-3)13-23(29)30)16-28-25(32)34-15-22-20-11-7-5-9-18(20)19-10-6-8-12-21(19)22/h5-12,17,22H,4,13-16H2,1-3H3,(H,27,31)(H,28,32)(H,29,30). The third-order valence-electron chi connectivity index (χ3n) is 6.52. The number of amides is 2. The van der Waals surface area contributed by atoms with Crippen LogP contribution in [0.1, 0.15) is 43.7 Å². The van der Waals surface area contributed by atoms with Gasteiger partial charge in [-0.2, -0.15) is 0 Å². The van der Waals surface area contributed by atoms with Gasteiger partial charge in [0, 0.05) is 26.1 Å². The van der Waals surface area contributed by atoms with Crippen molar-refractivity contribution >= 4 is 18.0 Å². The molecule has 0 bridgehead atoms. The molecule has 3 N–H and O–H groups in total. The van der Waals surface area contributed by atoms with E-state index >= 15 is 0 Å². The van der Waals surface area contributed by atoms with Crippen LogP contribution in [0.3, 0.4) is 0 Å². The summed E-state index contributed by atoms with van der Waals surface area (Å²) < 4.78 is 10.7. The highest BCUT2D eigenvalue weighted by atomic mass is 16.5. The van der Waals surface area contributed by atoms with Crippen molar-refractivity contribution in [3.05, 3.63) is 59.7 Å². The first kappa shape index (κ1) is 25.2. The van der Waals surface area contributed by atoms with E-state index in [0.717, 1.165) is 22.3 Å². The van der Waals surface area contributed by atoms with Gasteiger partial charge < -0.3 is 25.2 Å². The van der Waals surface area contributed by atoms with E-state index in [1.54, 1.807) is 6.92 Å². The second kappa shape index (κ2) is 11.2. The molecule has 8 heteroatoms. The number of nitrogens with one attached hydrogen (secondary N) is 2. The molecule has 3 rings (SSSR count). The van der Waals surface area contributed by atoms with Crippen molar-refractivity contribution in [3.63, 3.8) is 0 Å². The largest absolute Gasteiger partial charge is 0.481 e. The third kappa shape index (κ3) is 5.75. The predicted octanol–water partition coefficient (Wildman–Crippen LogP) is 3.55. The molecule has 0 saturated carbocycles. The van der Waals surface area contributed by atoms with Crippen molar-refractivity contribution < 1.29 is 29.0 Å². The van der Waals surface area contributed by atoms with Crippen molar-refractivity contribution in [1.82, 2.24) is 10.6 Å². The molecule has 0 aliphatic heterocycles. The van der Waals surface area contributed by atoms with E-state index in [2.05, 4.69) is 34.9 Å². The number of carbonyl (C=O) groups is 3. The summed E-state index contributed by atoms with van der Waals surface area (Å²) in [5.74, 6) is -1.34. The number of hydrogen-bond donors (Lipinski definition) is 3. The van der Waals surface area contributed by atoms with Crippen molar-refractivity contribution in [2.45, 2.75) is 38.7 Å². The van der Waals surface area contributed by atoms with Gasteiger partial charge in [-0.15, -0.1) is 0 Å². The van der Waals surface area contributed by atoms with E-state index < -0.39 is 23.6 Å². The lowest BCUT2D eigenvalue weighted by molar-refractivity contribution is -0.140. The van der Waals surface area contributed by atoms with Crippen LogP contribution >= 0.6 is 0 Å². The Kier molecular flexibility index (Phi) is 8.28. The molecule has 1 aliphatic carbocycles. The predicted molar refractivity (Wildman–Crippen MR) is 128 cm³/mol. The fraction of sp³-hybridized carbons (Fsp3) is 0.423. The molecule has 182 valence electrons. The molecule has 1 aliphatic rings. The number of methoxy groups -OCH3 is 1. The number of fused-ring (bicyclic) bond motifs is 3. The molecular weight excluding hydrogens is 436 g/mol. The van der Waals surface area contributed by atoms with Crippen LogP contribution in [-0.2, 0) is 19.1 Å². The summed E-state index contributed by atoms with van der Waals surface area (Å²) in [4.78, 5) is 36.1. The number of carboxylic acids is 1. The van der Waals surface area contributed by atoms with E-state index in [4.69, 9.17) is 14.6 Å². The van der Waals surface area contributed by atoms with Crippen molar-refractivity contribution in [1.29, 1.82) is 0 Å². The van der Waals surface area contributed by atoms with Crippen molar-refractivity contribution in [2.24, 2.45) is 5.41 Å². The molecule has 0 aromatic heterocycles. The number of alkyl carbamates (subject to hydrolysis) is 1. The lowest BCUT2D eigenvalue weighted by Gasteiger charge is -2.28. The number of carboxylic acid groups (broad SMARTS) is 1. The van der Waals surface area contributed by atoms with Crippen LogP contribution in [-0.4, -0.2) is 56.0 Å². The van der Waals surface area contributed by atoms with E-state index in [1.165, 1.54) is 7.11 Å². The smallest absolute Gasteiger partial charge is 0.407 e. The van der Waals surface area contributed by atoms with Gasteiger partial charge in [0.05, 0.1) is 17.9 Å². The number of aliphatic carboxylic acids is 1. The molecule has 0 spiro atoms. The van der Waals surface area contributed by atoms with Crippen molar-refractivity contribution in [3.8, 4) is 11.1 Å². The molecule has 2 atom stereocenters. The van der Waals surface area contributed by atoms with Gasteiger partial charge in [-0.3, -0.25) is 9.59 Å². The Morgan fingerprint density at radius 1 is 1.03 bits per heavy atom. The van der Waals surface area contributed by atoms with Crippen LogP contribution in [0, 0.1) is 5.41 Å². The Labute approximate surface area is 199 Å². The zero-order chi connectivity index (χ0) is 24.7. The van der Waals surface area contributed by atoms with Crippen LogP contribution in [0.4, 0.5) is 4.79 Å². The molecule has 2 unspecified atom stereocenters. The van der Waals surface area contributed by atoms with E-state index in [0.29, 0.717) is 6.42 Å². The summed E-state index contributed by atoms with van der Waals surface area (Å²) in [6.45, 7) is 3.94. The van der Waals surface area contributed by atoms with Gasteiger partial charge in [-0.05, 0) is 35.6 Å². The van der Waals surface area contributed by atoms with E-state index in [1.807, 2.05) is 31.2 Å². The molecule has 8 nitrogen and oxygen atoms in total. The first-order valence-electron chi connectivity index (χ1n) is 11.4. The van der Waals surface area contributed by atoms with Gasteiger partial charge in [0.15, 0.2) is 0 Å². The van der Waals surface area contributed by atoms with Gasteiger partial charge in [0.1, 0.15) is 6.61 Å².